The first kappa shape index (κ1) is 28.7. The lowest BCUT2D eigenvalue weighted by Crippen LogP contribution is -2.38. The van der Waals surface area contributed by atoms with Crippen molar-refractivity contribution in [1.82, 2.24) is 0 Å². The van der Waals surface area contributed by atoms with E-state index in [-0.39, 0.29) is 28.2 Å². The van der Waals surface area contributed by atoms with E-state index in [1.54, 1.807) is 6.07 Å². The molecule has 0 N–H and O–H groups in total. The lowest BCUT2D eigenvalue weighted by atomic mass is 9.81. The Morgan fingerprint density at radius 1 is 0.625 bits per heavy atom. The van der Waals surface area contributed by atoms with Gasteiger partial charge in [-0.3, -0.25) is 0 Å². The van der Waals surface area contributed by atoms with Gasteiger partial charge in [0.2, 0.25) is 0 Å². The summed E-state index contributed by atoms with van der Waals surface area (Å²) in [6.07, 6.45) is 0.995. The summed E-state index contributed by atoms with van der Waals surface area (Å²) in [6.45, 7) is 2.09. The minimum atomic E-state index is -3.13. The van der Waals surface area contributed by atoms with Crippen molar-refractivity contribution < 1.29 is 35.5 Å². The van der Waals surface area contributed by atoms with Crippen LogP contribution in [0, 0.1) is 40.9 Å². The first-order valence-electron chi connectivity index (χ1n) is 13.8. The summed E-state index contributed by atoms with van der Waals surface area (Å²) in [6, 6.07) is 9.81. The van der Waals surface area contributed by atoms with E-state index in [9.17, 15) is 26.3 Å². The predicted octanol–water partition coefficient (Wildman–Crippen LogP) is 10.2. The molecule has 3 aromatic rings. The molecule has 0 atom stereocenters. The third-order valence-corrected chi connectivity index (χ3v) is 8.53. The Balaban J connectivity index is 1.23. The van der Waals surface area contributed by atoms with E-state index >= 15 is 4.39 Å². The molecule has 0 aliphatic heterocycles. The molecule has 0 saturated heterocycles. The highest BCUT2D eigenvalue weighted by atomic mass is 19.3. The van der Waals surface area contributed by atoms with Gasteiger partial charge >= 0.3 is 6.11 Å². The van der Waals surface area contributed by atoms with Crippen LogP contribution < -0.4 is 0 Å². The minimum absolute atomic E-state index is 0.00469. The Labute approximate surface area is 229 Å². The van der Waals surface area contributed by atoms with Gasteiger partial charge in [0.1, 0.15) is 11.6 Å². The summed E-state index contributed by atoms with van der Waals surface area (Å²) in [5.74, 6) is -6.19. The fraction of sp³-hybridized carbons (Fsp3) is 0.438. The van der Waals surface area contributed by atoms with Crippen LogP contribution in [-0.2, 0) is 4.74 Å². The molecule has 5 rings (SSSR count). The molecule has 2 aliphatic carbocycles. The third-order valence-electron chi connectivity index (χ3n) is 8.53. The van der Waals surface area contributed by atoms with Crippen LogP contribution in [0.2, 0.25) is 0 Å². The number of benzene rings is 3. The van der Waals surface area contributed by atoms with Gasteiger partial charge in [0.15, 0.2) is 17.5 Å². The summed E-state index contributed by atoms with van der Waals surface area (Å²) in [5.41, 5.74) is 0.777. The largest absolute Gasteiger partial charge is 0.358 e. The van der Waals surface area contributed by atoms with Crippen LogP contribution in [0.4, 0.5) is 30.7 Å². The summed E-state index contributed by atoms with van der Waals surface area (Å²) < 4.78 is 105. The van der Waals surface area contributed by atoms with Gasteiger partial charge in [0.25, 0.3) is 0 Å². The molecule has 2 fully saturated rings. The van der Waals surface area contributed by atoms with Crippen molar-refractivity contribution in [3.63, 3.8) is 0 Å². The normalized spacial score (nSPS) is 23.8. The van der Waals surface area contributed by atoms with Crippen LogP contribution in [0.3, 0.4) is 0 Å². The van der Waals surface area contributed by atoms with Crippen molar-refractivity contribution in [2.24, 2.45) is 11.8 Å². The second kappa shape index (κ2) is 11.6. The molecule has 0 bridgehead atoms. The van der Waals surface area contributed by atoms with Crippen molar-refractivity contribution in [3.8, 4) is 22.3 Å². The molecule has 8 heteroatoms. The molecule has 0 spiro atoms. The van der Waals surface area contributed by atoms with Crippen LogP contribution in [0.5, 0.6) is 0 Å². The highest BCUT2D eigenvalue weighted by Gasteiger charge is 2.44. The van der Waals surface area contributed by atoms with Gasteiger partial charge in [-0.1, -0.05) is 44.0 Å². The molecule has 2 aliphatic rings. The van der Waals surface area contributed by atoms with Crippen molar-refractivity contribution in [2.75, 3.05) is 0 Å². The van der Waals surface area contributed by atoms with E-state index in [0.29, 0.717) is 56.6 Å². The van der Waals surface area contributed by atoms with Gasteiger partial charge in [-0.25, -0.2) is 22.0 Å². The Morgan fingerprint density at radius 2 is 1.18 bits per heavy atom. The average Bonchev–Trinajstić information content (AvgIpc) is 2.92. The molecule has 214 valence electrons. The Kier molecular flexibility index (Phi) is 8.27. The fourth-order valence-electron chi connectivity index (χ4n) is 6.08. The van der Waals surface area contributed by atoms with Crippen LogP contribution >= 0.6 is 0 Å². The summed E-state index contributed by atoms with van der Waals surface area (Å²) in [4.78, 5) is 0. The standard InChI is InChI=1S/C32H31F7O/c1-18-2-8-23(9-3-18)32(38,39)40-24-10-4-19(5-11-24)20-6-12-25(27(33)14-20)21-7-13-26(28(34)15-21)22-16-29(35)31(37)30(36)17-22/h6-7,12-19,23-24H,2-5,8-11H2,1H3. The highest BCUT2D eigenvalue weighted by molar-refractivity contribution is 5.71. The number of hydrogen-bond acceptors (Lipinski definition) is 1. The number of alkyl halides is 2. The minimum Gasteiger partial charge on any atom is -0.317 e. The maximum absolute atomic E-state index is 15.1. The van der Waals surface area contributed by atoms with Crippen molar-refractivity contribution in [3.05, 3.63) is 83.2 Å². The average molecular weight is 565 g/mol. The van der Waals surface area contributed by atoms with Gasteiger partial charge < -0.3 is 4.74 Å². The molecule has 2 saturated carbocycles. The van der Waals surface area contributed by atoms with Gasteiger partial charge in [-0.15, -0.1) is 0 Å². The molecule has 0 unspecified atom stereocenters. The quantitative estimate of drug-likeness (QED) is 0.214. The molecule has 0 aromatic heterocycles. The lowest BCUT2D eigenvalue weighted by molar-refractivity contribution is -0.301. The molecule has 3 aromatic carbocycles. The maximum atomic E-state index is 15.1. The van der Waals surface area contributed by atoms with Crippen LogP contribution in [0.15, 0.2) is 48.5 Å². The summed E-state index contributed by atoms with van der Waals surface area (Å²) in [5, 5.41) is 0. The molecule has 40 heavy (non-hydrogen) atoms. The number of halogens is 7. The first-order valence-corrected chi connectivity index (χ1v) is 13.8. The lowest BCUT2D eigenvalue weighted by Gasteiger charge is -2.36. The van der Waals surface area contributed by atoms with Crippen molar-refractivity contribution in [2.45, 2.75) is 76.4 Å². The molecule has 0 heterocycles. The smallest absolute Gasteiger partial charge is 0.317 e. The highest BCUT2D eigenvalue weighted by Crippen LogP contribution is 2.43. The number of rotatable bonds is 6. The van der Waals surface area contributed by atoms with E-state index in [1.807, 2.05) is 0 Å². The summed E-state index contributed by atoms with van der Waals surface area (Å²) in [7, 11) is 0. The van der Waals surface area contributed by atoms with E-state index in [2.05, 4.69) is 6.92 Å². The fourth-order valence-corrected chi connectivity index (χ4v) is 6.08. The predicted molar refractivity (Wildman–Crippen MR) is 139 cm³/mol. The number of ether oxygens (including phenoxy) is 1. The molecule has 0 amide bonds. The zero-order valence-corrected chi connectivity index (χ0v) is 22.1. The third kappa shape index (κ3) is 6.07. The second-order valence-corrected chi connectivity index (χ2v) is 11.3. The van der Waals surface area contributed by atoms with Crippen LogP contribution in [0.1, 0.15) is 69.8 Å². The van der Waals surface area contributed by atoms with Crippen LogP contribution in [-0.4, -0.2) is 12.2 Å². The van der Waals surface area contributed by atoms with Crippen LogP contribution in [0.25, 0.3) is 22.3 Å². The van der Waals surface area contributed by atoms with E-state index in [0.717, 1.165) is 24.5 Å². The molecular weight excluding hydrogens is 533 g/mol. The van der Waals surface area contributed by atoms with E-state index < -0.39 is 47.2 Å². The second-order valence-electron chi connectivity index (χ2n) is 11.3. The zero-order chi connectivity index (χ0) is 28.6. The molecular formula is C32H31F7O. The Bertz CT molecular complexity index is 1330. The Hall–Kier alpha value is -2.87. The van der Waals surface area contributed by atoms with Gasteiger partial charge in [-0.05, 0) is 91.3 Å². The monoisotopic (exact) mass is 564 g/mol. The molecule has 1 nitrogen and oxygen atoms in total. The molecule has 0 radical (unpaired) electrons. The topological polar surface area (TPSA) is 9.23 Å². The first-order chi connectivity index (χ1) is 19.0. The Morgan fingerprint density at radius 3 is 1.77 bits per heavy atom. The van der Waals surface area contributed by atoms with Gasteiger partial charge in [0.05, 0.1) is 12.0 Å². The van der Waals surface area contributed by atoms with Crippen molar-refractivity contribution >= 4 is 0 Å². The van der Waals surface area contributed by atoms with Crippen molar-refractivity contribution in [1.29, 1.82) is 0 Å². The van der Waals surface area contributed by atoms with E-state index in [1.165, 1.54) is 24.3 Å². The maximum Gasteiger partial charge on any atom is 0.358 e. The summed E-state index contributed by atoms with van der Waals surface area (Å²) >= 11 is 0. The van der Waals surface area contributed by atoms with Gasteiger partial charge in [-0.2, -0.15) is 8.78 Å². The zero-order valence-electron chi connectivity index (χ0n) is 22.1. The number of hydrogen-bond donors (Lipinski definition) is 0. The SMILES string of the molecule is CC1CCC(C(F)(F)OC2CCC(c3ccc(-c4ccc(-c5cc(F)c(F)c(F)c5)c(F)c4)c(F)c3)CC2)CC1. The van der Waals surface area contributed by atoms with Gasteiger partial charge in [0, 0.05) is 11.1 Å². The van der Waals surface area contributed by atoms with E-state index in [4.69, 9.17) is 4.74 Å².